The first-order valence-electron chi connectivity index (χ1n) is 13.7. The Bertz CT molecular complexity index is 828. The molecule has 2 rings (SSSR count). The Kier molecular flexibility index (Phi) is 10.2. The molecule has 0 aromatic heterocycles. The summed E-state index contributed by atoms with van der Waals surface area (Å²) in [4.78, 5) is 40.2. The summed E-state index contributed by atoms with van der Waals surface area (Å²) in [5.74, 6) is 0.127. The minimum Gasteiger partial charge on any atom is -0.444 e. The van der Waals surface area contributed by atoms with Crippen LogP contribution in [-0.2, 0) is 14.3 Å². The molecular formula is C28H50N4O5. The Labute approximate surface area is 223 Å². The van der Waals surface area contributed by atoms with E-state index in [1.54, 1.807) is 11.0 Å². The van der Waals surface area contributed by atoms with Crippen molar-refractivity contribution in [1.82, 2.24) is 20.6 Å². The molecule has 0 radical (unpaired) electrons. The van der Waals surface area contributed by atoms with E-state index >= 15 is 0 Å². The number of piperidine rings is 1. The second-order valence-electron chi connectivity index (χ2n) is 13.3. The number of amides is 3. The molecule has 2 aliphatic heterocycles. The third-order valence-electron chi connectivity index (χ3n) is 6.95. The van der Waals surface area contributed by atoms with Crippen molar-refractivity contribution in [3.8, 4) is 0 Å². The number of alkyl carbamates (subject to hydrolysis) is 1. The molecule has 0 unspecified atom stereocenters. The molecule has 0 aliphatic carbocycles. The number of likely N-dealkylation sites (tertiary alicyclic amines) is 1. The molecule has 3 N–H and O–H groups in total. The molecule has 2 heterocycles. The smallest absolute Gasteiger partial charge is 0.408 e. The van der Waals surface area contributed by atoms with Gasteiger partial charge in [-0.2, -0.15) is 5.06 Å². The SMILES string of the molecule is CC(C)C[C@@H](/C=C/CC(=O)N1CCC[C@@H]1C(=O)NC1CC(C)(C)N(O)C(C)(C)C1)NC(=O)OC(C)(C)C. The van der Waals surface area contributed by atoms with Crippen LogP contribution in [0.4, 0.5) is 4.79 Å². The lowest BCUT2D eigenvalue weighted by molar-refractivity contribution is -0.246. The Morgan fingerprint density at radius 3 is 2.24 bits per heavy atom. The second-order valence-corrected chi connectivity index (χ2v) is 13.3. The molecule has 212 valence electrons. The molecule has 2 aliphatic rings. The van der Waals surface area contributed by atoms with E-state index in [1.165, 1.54) is 5.06 Å². The number of nitrogens with one attached hydrogen (secondary N) is 2. The van der Waals surface area contributed by atoms with Gasteiger partial charge in [0.2, 0.25) is 11.8 Å². The first kappa shape index (κ1) is 31.1. The van der Waals surface area contributed by atoms with Crippen LogP contribution >= 0.6 is 0 Å². The first-order valence-corrected chi connectivity index (χ1v) is 13.7. The van der Waals surface area contributed by atoms with Crippen LogP contribution in [0, 0.1) is 5.92 Å². The monoisotopic (exact) mass is 522 g/mol. The predicted octanol–water partition coefficient (Wildman–Crippen LogP) is 4.39. The highest BCUT2D eigenvalue weighted by Gasteiger charge is 2.46. The number of rotatable bonds is 8. The highest BCUT2D eigenvalue weighted by atomic mass is 16.6. The fourth-order valence-electron chi connectivity index (χ4n) is 5.61. The summed E-state index contributed by atoms with van der Waals surface area (Å²) in [6, 6.07) is -0.802. The van der Waals surface area contributed by atoms with Crippen LogP contribution in [0.25, 0.3) is 0 Å². The van der Waals surface area contributed by atoms with Crippen LogP contribution in [0.2, 0.25) is 0 Å². The lowest BCUT2D eigenvalue weighted by atomic mass is 9.79. The van der Waals surface area contributed by atoms with Crippen molar-refractivity contribution in [3.05, 3.63) is 12.2 Å². The number of hydrogen-bond donors (Lipinski definition) is 3. The van der Waals surface area contributed by atoms with Gasteiger partial charge in [-0.25, -0.2) is 4.79 Å². The minimum atomic E-state index is -0.585. The van der Waals surface area contributed by atoms with Gasteiger partial charge in [0, 0.05) is 30.1 Å². The Balaban J connectivity index is 1.97. The number of carbonyl (C=O) groups is 3. The fourth-order valence-corrected chi connectivity index (χ4v) is 5.61. The van der Waals surface area contributed by atoms with E-state index in [1.807, 2.05) is 54.5 Å². The first-order chi connectivity index (χ1) is 16.9. The maximum Gasteiger partial charge on any atom is 0.408 e. The average Bonchev–Trinajstić information content (AvgIpc) is 3.19. The molecule has 3 amide bonds. The summed E-state index contributed by atoms with van der Waals surface area (Å²) in [7, 11) is 0. The molecule has 0 aromatic rings. The van der Waals surface area contributed by atoms with Gasteiger partial charge in [0.15, 0.2) is 0 Å². The normalized spacial score (nSPS) is 23.3. The van der Waals surface area contributed by atoms with Gasteiger partial charge in [0.25, 0.3) is 0 Å². The van der Waals surface area contributed by atoms with Crippen molar-refractivity contribution >= 4 is 17.9 Å². The van der Waals surface area contributed by atoms with E-state index in [0.29, 0.717) is 31.7 Å². The zero-order chi connectivity index (χ0) is 28.2. The predicted molar refractivity (Wildman–Crippen MR) is 144 cm³/mol. The van der Waals surface area contributed by atoms with E-state index in [4.69, 9.17) is 4.74 Å². The Morgan fingerprint density at radius 2 is 1.70 bits per heavy atom. The largest absolute Gasteiger partial charge is 0.444 e. The number of hydrogen-bond acceptors (Lipinski definition) is 6. The Hall–Kier alpha value is -2.13. The van der Waals surface area contributed by atoms with Crippen LogP contribution < -0.4 is 10.6 Å². The molecule has 9 heteroatoms. The van der Waals surface area contributed by atoms with Crippen LogP contribution in [0.1, 0.15) is 101 Å². The topological polar surface area (TPSA) is 111 Å². The highest BCUT2D eigenvalue weighted by Crippen LogP contribution is 2.36. The van der Waals surface area contributed by atoms with Crippen molar-refractivity contribution in [2.45, 2.75) is 136 Å². The van der Waals surface area contributed by atoms with Gasteiger partial charge in [0.1, 0.15) is 11.6 Å². The maximum absolute atomic E-state index is 13.2. The molecular weight excluding hydrogens is 472 g/mol. The van der Waals surface area contributed by atoms with E-state index < -0.39 is 28.8 Å². The summed E-state index contributed by atoms with van der Waals surface area (Å²) in [6.45, 7) is 18.0. The highest BCUT2D eigenvalue weighted by molar-refractivity contribution is 5.88. The molecule has 0 aromatic carbocycles. The van der Waals surface area contributed by atoms with Gasteiger partial charge in [-0.05, 0) is 86.5 Å². The molecule has 37 heavy (non-hydrogen) atoms. The van der Waals surface area contributed by atoms with Gasteiger partial charge in [-0.15, -0.1) is 0 Å². The summed E-state index contributed by atoms with van der Waals surface area (Å²) in [6.07, 6.45) is 6.72. The van der Waals surface area contributed by atoms with Crippen molar-refractivity contribution in [2.24, 2.45) is 5.92 Å². The molecule has 9 nitrogen and oxygen atoms in total. The standard InChI is InChI=1S/C28H50N4O5/c1-19(2)16-20(30-25(35)37-26(3,4)5)12-10-14-23(33)31-15-11-13-22(31)24(34)29-21-17-27(6,7)32(36)28(8,9)18-21/h10,12,19-22,36H,11,13-18H2,1-9H3,(H,29,34)(H,30,35)/b12-10+/t20-,22-/m1/s1. The van der Waals surface area contributed by atoms with Crippen LogP contribution in [0.15, 0.2) is 12.2 Å². The van der Waals surface area contributed by atoms with E-state index in [0.717, 1.165) is 12.8 Å². The van der Waals surface area contributed by atoms with E-state index in [-0.39, 0.29) is 30.3 Å². The lowest BCUT2D eigenvalue weighted by Crippen LogP contribution is -2.63. The van der Waals surface area contributed by atoms with Gasteiger partial charge < -0.3 is 25.5 Å². The van der Waals surface area contributed by atoms with Gasteiger partial charge in [0.05, 0.1) is 6.04 Å². The maximum atomic E-state index is 13.2. The Morgan fingerprint density at radius 1 is 1.11 bits per heavy atom. The average molecular weight is 523 g/mol. The van der Waals surface area contributed by atoms with Crippen molar-refractivity contribution in [2.75, 3.05) is 6.54 Å². The van der Waals surface area contributed by atoms with Crippen molar-refractivity contribution in [3.63, 3.8) is 0 Å². The molecule has 0 bridgehead atoms. The van der Waals surface area contributed by atoms with E-state index in [9.17, 15) is 19.6 Å². The lowest BCUT2D eigenvalue weighted by Gasteiger charge is -2.51. The van der Waals surface area contributed by atoms with Crippen LogP contribution in [0.5, 0.6) is 0 Å². The van der Waals surface area contributed by atoms with Gasteiger partial charge in [-0.1, -0.05) is 26.0 Å². The van der Waals surface area contributed by atoms with Gasteiger partial charge in [-0.3, -0.25) is 9.59 Å². The third-order valence-corrected chi connectivity index (χ3v) is 6.95. The van der Waals surface area contributed by atoms with Gasteiger partial charge >= 0.3 is 6.09 Å². The molecule has 0 saturated carbocycles. The summed E-state index contributed by atoms with van der Waals surface area (Å²) in [5.41, 5.74) is -1.51. The molecule has 2 saturated heterocycles. The summed E-state index contributed by atoms with van der Waals surface area (Å²) in [5, 5.41) is 18.0. The number of carbonyl (C=O) groups excluding carboxylic acids is 3. The zero-order valence-electron chi connectivity index (χ0n) is 24.4. The zero-order valence-corrected chi connectivity index (χ0v) is 24.4. The number of nitrogens with zero attached hydrogens (tertiary/aromatic N) is 2. The quantitative estimate of drug-likeness (QED) is 0.408. The summed E-state index contributed by atoms with van der Waals surface area (Å²) < 4.78 is 5.37. The molecule has 0 spiro atoms. The fraction of sp³-hybridized carbons (Fsp3) is 0.821. The molecule has 2 atom stereocenters. The van der Waals surface area contributed by atoms with Crippen LogP contribution in [0.3, 0.4) is 0 Å². The molecule has 2 fully saturated rings. The van der Waals surface area contributed by atoms with Crippen molar-refractivity contribution in [1.29, 1.82) is 0 Å². The number of hydroxylamine groups is 2. The van der Waals surface area contributed by atoms with Crippen molar-refractivity contribution < 1.29 is 24.3 Å². The summed E-state index contributed by atoms with van der Waals surface area (Å²) >= 11 is 0. The minimum absolute atomic E-state index is 0.0749. The third kappa shape index (κ3) is 9.28. The number of ether oxygens (including phenoxy) is 1. The second kappa shape index (κ2) is 12.2. The van der Waals surface area contributed by atoms with Crippen LogP contribution in [-0.4, -0.2) is 74.4 Å². The van der Waals surface area contributed by atoms with E-state index in [2.05, 4.69) is 24.5 Å².